The lowest BCUT2D eigenvalue weighted by Gasteiger charge is -2.27. The van der Waals surface area contributed by atoms with Crippen LogP contribution in [0.15, 0.2) is 42.9 Å². The number of alkyl halides is 6. The molecule has 0 radical (unpaired) electrons. The number of hydrogen-bond acceptors (Lipinski definition) is 6. The van der Waals surface area contributed by atoms with Gasteiger partial charge < -0.3 is 14.8 Å². The first-order valence-electron chi connectivity index (χ1n) is 10.4. The van der Waals surface area contributed by atoms with Gasteiger partial charge in [-0.05, 0) is 25.1 Å². The highest BCUT2D eigenvalue weighted by Gasteiger charge is 2.38. The third-order valence-electron chi connectivity index (χ3n) is 4.63. The Morgan fingerprint density at radius 2 is 1.54 bits per heavy atom. The molecule has 0 aliphatic carbocycles. The van der Waals surface area contributed by atoms with Crippen molar-refractivity contribution < 1.29 is 46.1 Å². The second-order valence-corrected chi connectivity index (χ2v) is 7.63. The summed E-state index contributed by atoms with van der Waals surface area (Å²) in [6, 6.07) is 8.14. The molecule has 2 N–H and O–H groups in total. The molecule has 10 nitrogen and oxygen atoms in total. The molecule has 202 valence electrons. The average Bonchev–Trinajstić information content (AvgIpc) is 3.42. The van der Waals surface area contributed by atoms with Crippen LogP contribution in [0.5, 0.6) is 0 Å². The van der Waals surface area contributed by atoms with E-state index >= 15 is 0 Å². The molecule has 0 amide bonds. The van der Waals surface area contributed by atoms with E-state index in [4.69, 9.17) is 24.8 Å². The van der Waals surface area contributed by atoms with E-state index in [0.29, 0.717) is 0 Å². The first-order chi connectivity index (χ1) is 17.1. The predicted octanol–water partition coefficient (Wildman–Crippen LogP) is 3.11. The van der Waals surface area contributed by atoms with Gasteiger partial charge >= 0.3 is 24.3 Å². The Kier molecular flexibility index (Phi) is 9.76. The van der Waals surface area contributed by atoms with Gasteiger partial charge in [-0.1, -0.05) is 6.07 Å². The molecular formula is C21H22F6N6O4. The first-order valence-corrected chi connectivity index (χ1v) is 10.4. The minimum atomic E-state index is -5.08. The van der Waals surface area contributed by atoms with Crippen LogP contribution in [0.2, 0.25) is 0 Å². The van der Waals surface area contributed by atoms with E-state index < -0.39 is 24.3 Å². The number of fused-ring (bicyclic) bond motifs is 1. The highest BCUT2D eigenvalue weighted by molar-refractivity contribution is 5.73. The first kappa shape index (κ1) is 29.3. The maximum Gasteiger partial charge on any atom is 0.490 e. The molecule has 0 bridgehead atoms. The molecule has 0 spiro atoms. The highest BCUT2D eigenvalue weighted by Crippen LogP contribution is 2.16. The molecule has 3 aromatic heterocycles. The monoisotopic (exact) mass is 536 g/mol. The summed E-state index contributed by atoms with van der Waals surface area (Å²) in [5, 5.41) is 18.5. The van der Waals surface area contributed by atoms with Gasteiger partial charge in [-0.3, -0.25) is 14.6 Å². The number of pyridine rings is 1. The number of aromatic nitrogens is 5. The van der Waals surface area contributed by atoms with Crippen LogP contribution in [-0.2, 0) is 35.8 Å². The Hall–Kier alpha value is -3.95. The number of aliphatic carboxylic acids is 2. The van der Waals surface area contributed by atoms with Crippen LogP contribution in [0.1, 0.15) is 22.9 Å². The molecule has 0 aromatic carbocycles. The SMILES string of the molecule is Cc1cccc(CN2CCn3cc(Cn4cccn4)nc3C2)n1.O=C(O)C(F)(F)F.O=C(O)C(F)(F)F. The molecule has 1 aliphatic rings. The summed E-state index contributed by atoms with van der Waals surface area (Å²) in [6.07, 6.45) is -4.25. The molecule has 4 heterocycles. The fraction of sp³-hybridized carbons (Fsp3) is 0.381. The maximum atomic E-state index is 10.6. The third-order valence-corrected chi connectivity index (χ3v) is 4.63. The largest absolute Gasteiger partial charge is 0.490 e. The molecule has 0 saturated heterocycles. The zero-order valence-corrected chi connectivity index (χ0v) is 19.2. The topological polar surface area (TPSA) is 126 Å². The van der Waals surface area contributed by atoms with E-state index in [9.17, 15) is 26.3 Å². The van der Waals surface area contributed by atoms with Crippen molar-refractivity contribution in [3.8, 4) is 0 Å². The number of hydrogen-bond donors (Lipinski definition) is 2. The molecule has 0 atom stereocenters. The number of carboxylic acid groups (broad SMARTS) is 2. The van der Waals surface area contributed by atoms with Crippen molar-refractivity contribution in [2.75, 3.05) is 6.54 Å². The Labute approximate surface area is 205 Å². The fourth-order valence-electron chi connectivity index (χ4n) is 3.05. The van der Waals surface area contributed by atoms with E-state index in [1.807, 2.05) is 29.9 Å². The summed E-state index contributed by atoms with van der Waals surface area (Å²) in [7, 11) is 0. The quantitative estimate of drug-likeness (QED) is 0.488. The van der Waals surface area contributed by atoms with E-state index in [2.05, 4.69) is 37.9 Å². The Morgan fingerprint density at radius 1 is 0.919 bits per heavy atom. The zero-order valence-electron chi connectivity index (χ0n) is 19.2. The third kappa shape index (κ3) is 9.91. The summed E-state index contributed by atoms with van der Waals surface area (Å²) < 4.78 is 67.6. The van der Waals surface area contributed by atoms with E-state index in [1.165, 1.54) is 0 Å². The van der Waals surface area contributed by atoms with Crippen LogP contribution in [0, 0.1) is 6.92 Å². The smallest absolute Gasteiger partial charge is 0.475 e. The van der Waals surface area contributed by atoms with Crippen LogP contribution >= 0.6 is 0 Å². The zero-order chi connectivity index (χ0) is 27.8. The number of halogens is 6. The van der Waals surface area contributed by atoms with Gasteiger partial charge in [0.25, 0.3) is 0 Å². The van der Waals surface area contributed by atoms with Crippen molar-refractivity contribution in [2.24, 2.45) is 0 Å². The number of carboxylic acids is 2. The van der Waals surface area contributed by atoms with Gasteiger partial charge in [0.1, 0.15) is 5.82 Å². The molecule has 0 fully saturated rings. The molecule has 16 heteroatoms. The predicted molar refractivity (Wildman–Crippen MR) is 114 cm³/mol. The van der Waals surface area contributed by atoms with Crippen molar-refractivity contribution >= 4 is 11.9 Å². The van der Waals surface area contributed by atoms with Crippen molar-refractivity contribution in [3.05, 3.63) is 65.8 Å². The fourth-order valence-corrected chi connectivity index (χ4v) is 3.05. The van der Waals surface area contributed by atoms with E-state index in [-0.39, 0.29) is 0 Å². The van der Waals surface area contributed by atoms with Gasteiger partial charge in [-0.25, -0.2) is 14.6 Å². The van der Waals surface area contributed by atoms with Crippen LogP contribution in [0.25, 0.3) is 0 Å². The summed E-state index contributed by atoms with van der Waals surface area (Å²) >= 11 is 0. The van der Waals surface area contributed by atoms with Crippen molar-refractivity contribution in [1.29, 1.82) is 0 Å². The average molecular weight is 536 g/mol. The molecule has 4 rings (SSSR count). The standard InChI is InChI=1S/C17H20N6.2C2HF3O2/c1-14-4-2-5-15(19-14)10-21-8-9-22-11-16(20-17(22)13-21)12-23-7-3-6-18-23;2*3-2(4,5)1(6)7/h2-7,11H,8-10,12-13H2,1H3;2*(H,6,7). The van der Waals surface area contributed by atoms with Crippen molar-refractivity contribution in [2.45, 2.75) is 45.5 Å². The van der Waals surface area contributed by atoms with E-state index in [0.717, 1.165) is 55.6 Å². The van der Waals surface area contributed by atoms with Crippen LogP contribution in [0.3, 0.4) is 0 Å². The Bertz CT molecular complexity index is 1150. The van der Waals surface area contributed by atoms with Gasteiger partial charge in [0.15, 0.2) is 0 Å². The van der Waals surface area contributed by atoms with Crippen LogP contribution < -0.4 is 0 Å². The Morgan fingerprint density at radius 3 is 2.05 bits per heavy atom. The normalized spacial score (nSPS) is 13.5. The van der Waals surface area contributed by atoms with Crippen LogP contribution in [0.4, 0.5) is 26.3 Å². The molecule has 1 aliphatic heterocycles. The van der Waals surface area contributed by atoms with Gasteiger partial charge in [0.05, 0.1) is 24.5 Å². The van der Waals surface area contributed by atoms with Gasteiger partial charge in [0, 0.05) is 43.9 Å². The van der Waals surface area contributed by atoms with Gasteiger partial charge in [0.2, 0.25) is 0 Å². The van der Waals surface area contributed by atoms with Gasteiger partial charge in [-0.2, -0.15) is 31.4 Å². The summed E-state index contributed by atoms with van der Waals surface area (Å²) in [5.41, 5.74) is 3.27. The highest BCUT2D eigenvalue weighted by atomic mass is 19.4. The Balaban J connectivity index is 0.000000286. The number of imidazole rings is 1. The summed E-state index contributed by atoms with van der Waals surface area (Å²) in [4.78, 5) is 29.6. The lowest BCUT2D eigenvalue weighted by Crippen LogP contribution is -2.33. The molecule has 37 heavy (non-hydrogen) atoms. The maximum absolute atomic E-state index is 10.6. The molecule has 0 saturated carbocycles. The summed E-state index contributed by atoms with van der Waals surface area (Å²) in [5.74, 6) is -4.38. The lowest BCUT2D eigenvalue weighted by atomic mass is 10.2. The summed E-state index contributed by atoms with van der Waals surface area (Å²) in [6.45, 7) is 6.52. The molecular weight excluding hydrogens is 514 g/mol. The number of rotatable bonds is 4. The molecule has 3 aromatic rings. The number of carbonyl (C=O) groups is 2. The van der Waals surface area contributed by atoms with E-state index in [1.54, 1.807) is 6.20 Å². The van der Waals surface area contributed by atoms with Gasteiger partial charge in [-0.15, -0.1) is 0 Å². The van der Waals surface area contributed by atoms with Crippen LogP contribution in [-0.4, -0.2) is 70.3 Å². The van der Waals surface area contributed by atoms with Crippen molar-refractivity contribution in [1.82, 2.24) is 29.2 Å². The number of nitrogens with zero attached hydrogens (tertiary/aromatic N) is 6. The minimum Gasteiger partial charge on any atom is -0.475 e. The minimum absolute atomic E-state index is 0.729. The lowest BCUT2D eigenvalue weighted by molar-refractivity contribution is -0.193. The molecule has 0 unspecified atom stereocenters. The second kappa shape index (κ2) is 12.3. The second-order valence-electron chi connectivity index (χ2n) is 7.63. The van der Waals surface area contributed by atoms with Crippen molar-refractivity contribution in [3.63, 3.8) is 0 Å². The number of aryl methyl sites for hydroxylation is 1.